The lowest BCUT2D eigenvalue weighted by atomic mass is 9.62. The van der Waals surface area contributed by atoms with Gasteiger partial charge in [0.05, 0.1) is 7.11 Å². The van der Waals surface area contributed by atoms with Gasteiger partial charge in [0.1, 0.15) is 5.75 Å². The van der Waals surface area contributed by atoms with E-state index in [1.165, 1.54) is 43.2 Å². The summed E-state index contributed by atoms with van der Waals surface area (Å²) in [5.41, 5.74) is 4.69. The molecule has 1 fully saturated rings. The lowest BCUT2D eigenvalue weighted by Gasteiger charge is -2.47. The van der Waals surface area contributed by atoms with Crippen molar-refractivity contribution >= 4 is 0 Å². The maximum atomic E-state index is 5.55. The van der Waals surface area contributed by atoms with Crippen LogP contribution in [0.4, 0.5) is 0 Å². The van der Waals surface area contributed by atoms with Crippen LogP contribution in [0.2, 0.25) is 0 Å². The van der Waals surface area contributed by atoms with E-state index >= 15 is 0 Å². The van der Waals surface area contributed by atoms with Crippen molar-refractivity contribution in [2.24, 2.45) is 5.92 Å². The number of hydrogen-bond donors (Lipinski definition) is 1. The minimum Gasteiger partial charge on any atom is -0.497 e. The summed E-state index contributed by atoms with van der Waals surface area (Å²) >= 11 is 0. The number of nitrogens with one attached hydrogen (secondary N) is 1. The molecule has 4 rings (SSSR count). The second kappa shape index (κ2) is 7.44. The van der Waals surface area contributed by atoms with Gasteiger partial charge in [-0.05, 0) is 67.0 Å². The minimum atomic E-state index is 0.208. The minimum absolute atomic E-state index is 0.208. The standard InChI is InChI=1S/C24H31NO/c1-24-14-7-6-10-20(16-19-11-12-21(26-2)17-22(19)24)23(24)25-15-13-18-8-4-3-5-9-18/h3-5,8-9,11-12,17,20,23,25H,6-7,10,13-16H2,1-2H3/t20?,23-,24+/m0/s1. The zero-order chi connectivity index (χ0) is 18.0. The van der Waals surface area contributed by atoms with Crippen LogP contribution >= 0.6 is 0 Å². The monoisotopic (exact) mass is 349 g/mol. The highest BCUT2D eigenvalue weighted by Crippen LogP contribution is 2.48. The van der Waals surface area contributed by atoms with Crippen LogP contribution in [0.1, 0.15) is 49.3 Å². The predicted octanol–water partition coefficient (Wildman–Crippen LogP) is 4.90. The lowest BCUT2D eigenvalue weighted by Crippen LogP contribution is -2.54. The number of benzene rings is 2. The van der Waals surface area contributed by atoms with E-state index in [1.807, 2.05) is 0 Å². The largest absolute Gasteiger partial charge is 0.497 e. The van der Waals surface area contributed by atoms with E-state index in [0.29, 0.717) is 6.04 Å². The molecule has 2 aliphatic rings. The van der Waals surface area contributed by atoms with Crippen LogP contribution in [0.5, 0.6) is 5.75 Å². The third kappa shape index (κ3) is 3.27. The topological polar surface area (TPSA) is 21.3 Å². The first kappa shape index (κ1) is 17.6. The molecule has 26 heavy (non-hydrogen) atoms. The molecule has 0 spiro atoms. The molecule has 0 aliphatic heterocycles. The fourth-order valence-electron chi connectivity index (χ4n) is 5.35. The van der Waals surface area contributed by atoms with Crippen molar-refractivity contribution in [3.63, 3.8) is 0 Å². The first-order valence-electron chi connectivity index (χ1n) is 10.2. The van der Waals surface area contributed by atoms with Crippen LogP contribution < -0.4 is 10.1 Å². The van der Waals surface area contributed by atoms with Gasteiger partial charge in [0.25, 0.3) is 0 Å². The molecule has 2 heteroatoms. The van der Waals surface area contributed by atoms with Crippen LogP contribution in [-0.4, -0.2) is 19.7 Å². The Labute approximate surface area is 158 Å². The smallest absolute Gasteiger partial charge is 0.119 e. The van der Waals surface area contributed by atoms with E-state index in [1.54, 1.807) is 12.7 Å². The molecule has 0 aromatic heterocycles. The molecule has 138 valence electrons. The summed E-state index contributed by atoms with van der Waals surface area (Å²) in [6.07, 6.45) is 7.63. The van der Waals surface area contributed by atoms with Crippen LogP contribution in [0.15, 0.2) is 48.5 Å². The van der Waals surface area contributed by atoms with E-state index in [9.17, 15) is 0 Å². The SMILES string of the molecule is COc1ccc2c(c1)[C@@]1(C)CCCCC(C2)[C@@H]1NCCc1ccccc1. The molecular formula is C24H31NO. The van der Waals surface area contributed by atoms with E-state index in [0.717, 1.165) is 24.6 Å². The van der Waals surface area contributed by atoms with Crippen molar-refractivity contribution in [1.82, 2.24) is 5.32 Å². The summed E-state index contributed by atoms with van der Waals surface area (Å²) in [5.74, 6) is 1.75. The van der Waals surface area contributed by atoms with Gasteiger partial charge in [-0.3, -0.25) is 0 Å². The summed E-state index contributed by atoms with van der Waals surface area (Å²) in [7, 11) is 1.78. The van der Waals surface area contributed by atoms with Crippen molar-refractivity contribution in [2.45, 2.75) is 56.9 Å². The highest BCUT2D eigenvalue weighted by Gasteiger charge is 2.46. The molecule has 2 aromatic rings. The van der Waals surface area contributed by atoms with E-state index < -0.39 is 0 Å². The van der Waals surface area contributed by atoms with Gasteiger partial charge < -0.3 is 10.1 Å². The van der Waals surface area contributed by atoms with Crippen molar-refractivity contribution in [1.29, 1.82) is 0 Å². The third-order valence-corrected chi connectivity index (χ3v) is 6.71. The molecule has 2 aliphatic carbocycles. The Kier molecular flexibility index (Phi) is 5.04. The Hall–Kier alpha value is -1.80. The first-order chi connectivity index (χ1) is 12.7. The Bertz CT molecular complexity index is 741. The molecule has 1 unspecified atom stereocenters. The molecule has 2 bridgehead atoms. The van der Waals surface area contributed by atoms with Gasteiger partial charge in [0, 0.05) is 11.5 Å². The number of fused-ring (bicyclic) bond motifs is 4. The van der Waals surface area contributed by atoms with Gasteiger partial charge in [-0.25, -0.2) is 0 Å². The van der Waals surface area contributed by atoms with Gasteiger partial charge in [0.2, 0.25) is 0 Å². The summed E-state index contributed by atoms with van der Waals surface area (Å²) in [5, 5.41) is 3.99. The summed E-state index contributed by atoms with van der Waals surface area (Å²) < 4.78 is 5.55. The van der Waals surface area contributed by atoms with E-state index in [4.69, 9.17) is 4.74 Å². The summed E-state index contributed by atoms with van der Waals surface area (Å²) in [6, 6.07) is 18.2. The average Bonchev–Trinajstić information content (AvgIpc) is 2.78. The van der Waals surface area contributed by atoms with Crippen LogP contribution in [0.25, 0.3) is 0 Å². The number of rotatable bonds is 5. The van der Waals surface area contributed by atoms with Crippen LogP contribution in [0.3, 0.4) is 0 Å². The Morgan fingerprint density at radius 2 is 1.96 bits per heavy atom. The Morgan fingerprint density at radius 3 is 2.77 bits per heavy atom. The highest BCUT2D eigenvalue weighted by molar-refractivity contribution is 5.44. The van der Waals surface area contributed by atoms with Gasteiger partial charge in [-0.1, -0.05) is 56.2 Å². The summed E-state index contributed by atoms with van der Waals surface area (Å²) in [6.45, 7) is 3.54. The molecule has 3 atom stereocenters. The molecular weight excluding hydrogens is 318 g/mol. The van der Waals surface area contributed by atoms with Gasteiger partial charge >= 0.3 is 0 Å². The fourth-order valence-corrected chi connectivity index (χ4v) is 5.35. The summed E-state index contributed by atoms with van der Waals surface area (Å²) in [4.78, 5) is 0. The Balaban J connectivity index is 1.58. The van der Waals surface area contributed by atoms with E-state index in [-0.39, 0.29) is 5.41 Å². The second-order valence-corrected chi connectivity index (χ2v) is 8.32. The molecule has 0 amide bonds. The lowest BCUT2D eigenvalue weighted by molar-refractivity contribution is 0.210. The molecule has 0 radical (unpaired) electrons. The van der Waals surface area contributed by atoms with Crippen LogP contribution in [0, 0.1) is 5.92 Å². The van der Waals surface area contributed by atoms with E-state index in [2.05, 4.69) is 60.8 Å². The van der Waals surface area contributed by atoms with Crippen molar-refractivity contribution in [3.05, 3.63) is 65.2 Å². The highest BCUT2D eigenvalue weighted by atomic mass is 16.5. The van der Waals surface area contributed by atoms with Gasteiger partial charge in [-0.15, -0.1) is 0 Å². The number of methoxy groups -OCH3 is 1. The molecule has 2 aromatic carbocycles. The molecule has 2 nitrogen and oxygen atoms in total. The van der Waals surface area contributed by atoms with Crippen molar-refractivity contribution < 1.29 is 4.74 Å². The number of ether oxygens (including phenoxy) is 1. The van der Waals surface area contributed by atoms with Crippen molar-refractivity contribution in [3.8, 4) is 5.75 Å². The fraction of sp³-hybridized carbons (Fsp3) is 0.500. The van der Waals surface area contributed by atoms with Crippen molar-refractivity contribution in [2.75, 3.05) is 13.7 Å². The normalized spacial score (nSPS) is 27.5. The quantitative estimate of drug-likeness (QED) is 0.829. The number of hydrogen-bond acceptors (Lipinski definition) is 2. The molecule has 0 saturated heterocycles. The zero-order valence-corrected chi connectivity index (χ0v) is 16.1. The predicted molar refractivity (Wildman–Crippen MR) is 108 cm³/mol. The van der Waals surface area contributed by atoms with Crippen LogP contribution in [-0.2, 0) is 18.3 Å². The second-order valence-electron chi connectivity index (χ2n) is 8.32. The molecule has 1 N–H and O–H groups in total. The zero-order valence-electron chi connectivity index (χ0n) is 16.1. The first-order valence-corrected chi connectivity index (χ1v) is 10.2. The Morgan fingerprint density at radius 1 is 1.12 bits per heavy atom. The average molecular weight is 350 g/mol. The maximum absolute atomic E-state index is 5.55. The molecule has 0 heterocycles. The molecule has 1 saturated carbocycles. The van der Waals surface area contributed by atoms with Gasteiger partial charge in [0.15, 0.2) is 0 Å². The third-order valence-electron chi connectivity index (χ3n) is 6.71. The van der Waals surface area contributed by atoms with Gasteiger partial charge in [-0.2, -0.15) is 0 Å². The maximum Gasteiger partial charge on any atom is 0.119 e.